The number of unbranched alkanes of at least 4 members (excludes halogenated alkanes) is 1. The van der Waals surface area contributed by atoms with Crippen LogP contribution in [-0.4, -0.2) is 23.9 Å². The summed E-state index contributed by atoms with van der Waals surface area (Å²) in [6.07, 6.45) is 11.0. The second-order valence-electron chi connectivity index (χ2n) is 9.25. The van der Waals surface area contributed by atoms with Crippen molar-refractivity contribution in [3.05, 3.63) is 88.8 Å². The van der Waals surface area contributed by atoms with Crippen molar-refractivity contribution >= 4 is 11.5 Å². The molecule has 0 radical (unpaired) electrons. The van der Waals surface area contributed by atoms with Crippen molar-refractivity contribution in [2.24, 2.45) is 5.92 Å². The van der Waals surface area contributed by atoms with Crippen LogP contribution in [0.15, 0.2) is 55.1 Å². The van der Waals surface area contributed by atoms with E-state index in [2.05, 4.69) is 45.6 Å². The van der Waals surface area contributed by atoms with Gasteiger partial charge in [0.25, 0.3) is 5.91 Å². The van der Waals surface area contributed by atoms with E-state index in [9.17, 15) is 9.18 Å². The lowest BCUT2D eigenvalue weighted by molar-refractivity contribution is 0.0689. The van der Waals surface area contributed by atoms with Gasteiger partial charge in [0, 0.05) is 18.7 Å². The number of rotatable bonds is 9. The molecular formula is C30H38FNO. The summed E-state index contributed by atoms with van der Waals surface area (Å²) in [6, 6.07) is 11.1. The quantitative estimate of drug-likeness (QED) is 0.363. The average Bonchev–Trinajstić information content (AvgIpc) is 2.83. The van der Waals surface area contributed by atoms with Crippen molar-refractivity contribution in [2.45, 2.75) is 65.7 Å². The molecule has 3 heteroatoms. The molecule has 0 N–H and O–H groups in total. The summed E-state index contributed by atoms with van der Waals surface area (Å²) < 4.78 is 13.2. The van der Waals surface area contributed by atoms with Gasteiger partial charge in [0.2, 0.25) is 0 Å². The molecule has 1 aliphatic heterocycles. The lowest BCUT2D eigenvalue weighted by Gasteiger charge is -2.33. The van der Waals surface area contributed by atoms with Gasteiger partial charge in [0.1, 0.15) is 5.82 Å². The van der Waals surface area contributed by atoms with Crippen LogP contribution in [0.5, 0.6) is 0 Å². The van der Waals surface area contributed by atoms with E-state index in [0.29, 0.717) is 5.92 Å². The summed E-state index contributed by atoms with van der Waals surface area (Å²) >= 11 is 0. The Labute approximate surface area is 199 Å². The summed E-state index contributed by atoms with van der Waals surface area (Å²) in [7, 11) is 0. The first-order chi connectivity index (χ1) is 16.0. The van der Waals surface area contributed by atoms with Crippen molar-refractivity contribution < 1.29 is 9.18 Å². The number of hydrogen-bond acceptors (Lipinski definition) is 1. The molecule has 0 spiro atoms. The summed E-state index contributed by atoms with van der Waals surface area (Å²) in [6.45, 7) is 11.9. The van der Waals surface area contributed by atoms with Crippen molar-refractivity contribution in [2.75, 3.05) is 13.1 Å². The number of likely N-dealkylation sites (tertiary alicyclic amines) is 1. The largest absolute Gasteiger partial charge is 0.339 e. The maximum atomic E-state index is 13.6. The Morgan fingerprint density at radius 2 is 1.82 bits per heavy atom. The van der Waals surface area contributed by atoms with Crippen LogP contribution in [0.1, 0.15) is 78.6 Å². The zero-order valence-electron chi connectivity index (χ0n) is 20.5. The zero-order valence-corrected chi connectivity index (χ0v) is 20.5. The second-order valence-corrected chi connectivity index (χ2v) is 9.25. The van der Waals surface area contributed by atoms with Crippen LogP contribution in [0.3, 0.4) is 0 Å². The van der Waals surface area contributed by atoms with Gasteiger partial charge in [-0.05, 0) is 97.4 Å². The van der Waals surface area contributed by atoms with E-state index in [4.69, 9.17) is 0 Å². The first-order valence-corrected chi connectivity index (χ1v) is 12.4. The summed E-state index contributed by atoms with van der Waals surface area (Å²) in [5.41, 5.74) is 6.82. The highest BCUT2D eigenvalue weighted by molar-refractivity contribution is 5.97. The topological polar surface area (TPSA) is 20.3 Å². The van der Waals surface area contributed by atoms with Crippen LogP contribution in [0, 0.1) is 18.7 Å². The van der Waals surface area contributed by atoms with Crippen LogP contribution >= 0.6 is 0 Å². The van der Waals surface area contributed by atoms with Crippen molar-refractivity contribution in [3.8, 4) is 0 Å². The Morgan fingerprint density at radius 3 is 2.42 bits per heavy atom. The van der Waals surface area contributed by atoms with E-state index >= 15 is 0 Å². The van der Waals surface area contributed by atoms with Crippen LogP contribution in [0.2, 0.25) is 0 Å². The highest BCUT2D eigenvalue weighted by atomic mass is 19.1. The number of carbonyl (C=O) groups excluding carboxylic acids is 1. The van der Waals surface area contributed by atoms with Gasteiger partial charge in [-0.25, -0.2) is 4.39 Å². The maximum absolute atomic E-state index is 13.6. The Kier molecular flexibility index (Phi) is 9.05. The lowest BCUT2D eigenvalue weighted by atomic mass is 9.88. The molecule has 1 saturated heterocycles. The summed E-state index contributed by atoms with van der Waals surface area (Å²) in [5, 5.41) is 0. The van der Waals surface area contributed by atoms with E-state index in [1.807, 2.05) is 23.1 Å². The standard InChI is InChI=1S/C30H38FNO/c1-5-8-10-26(9-6-2)28-21-29(25(7-3)19-22(28)4)30(33)32-17-15-24(16-18-32)20-23-11-13-27(31)14-12-23/h6,10-14,19,21,24H,2,5,7-9,15-18,20H2,1,3-4H3/b26-10-. The van der Waals surface area contributed by atoms with Gasteiger partial charge in [-0.1, -0.05) is 50.6 Å². The molecule has 1 amide bonds. The maximum Gasteiger partial charge on any atom is 0.254 e. The minimum Gasteiger partial charge on any atom is -0.339 e. The first kappa shape index (κ1) is 25.0. The van der Waals surface area contributed by atoms with Crippen molar-refractivity contribution in [1.82, 2.24) is 4.90 Å². The lowest BCUT2D eigenvalue weighted by Crippen LogP contribution is -2.39. The molecule has 0 unspecified atom stereocenters. The molecule has 0 saturated carbocycles. The SMILES string of the molecule is C=CC/C(=C/CCC)c1cc(C(=O)N2CCC(Cc3ccc(F)cc3)CC2)c(CC)cc1C. The second kappa shape index (κ2) is 12.0. The molecule has 2 aromatic rings. The molecule has 2 aromatic carbocycles. The number of hydrogen-bond donors (Lipinski definition) is 0. The molecule has 1 aliphatic rings. The number of aryl methyl sites for hydroxylation is 2. The first-order valence-electron chi connectivity index (χ1n) is 12.4. The van der Waals surface area contributed by atoms with E-state index in [1.54, 1.807) is 0 Å². The fourth-order valence-corrected chi connectivity index (χ4v) is 4.85. The minimum atomic E-state index is -0.191. The normalized spacial score (nSPS) is 15.0. The highest BCUT2D eigenvalue weighted by Crippen LogP contribution is 2.29. The third kappa shape index (κ3) is 6.43. The van der Waals surface area contributed by atoms with Gasteiger partial charge in [-0.2, -0.15) is 0 Å². The summed E-state index contributed by atoms with van der Waals surface area (Å²) in [4.78, 5) is 15.6. The molecule has 2 nitrogen and oxygen atoms in total. The molecule has 176 valence electrons. The molecule has 1 heterocycles. The Balaban J connectivity index is 1.76. The van der Waals surface area contributed by atoms with Crippen molar-refractivity contribution in [3.63, 3.8) is 0 Å². The van der Waals surface area contributed by atoms with Gasteiger partial charge in [0.15, 0.2) is 0 Å². The molecule has 1 fully saturated rings. The Bertz CT molecular complexity index is 981. The van der Waals surface area contributed by atoms with Gasteiger partial charge >= 0.3 is 0 Å². The average molecular weight is 448 g/mol. The molecule has 0 bridgehead atoms. The van der Waals surface area contributed by atoms with E-state index < -0.39 is 0 Å². The third-order valence-electron chi connectivity index (χ3n) is 6.79. The number of allylic oxidation sites excluding steroid dienone is 3. The van der Waals surface area contributed by atoms with Crippen LogP contribution in [0.4, 0.5) is 4.39 Å². The van der Waals surface area contributed by atoms with Crippen molar-refractivity contribution in [1.29, 1.82) is 0 Å². The van der Waals surface area contributed by atoms with E-state index in [0.717, 1.165) is 69.2 Å². The Morgan fingerprint density at radius 1 is 1.12 bits per heavy atom. The van der Waals surface area contributed by atoms with Gasteiger partial charge in [0.05, 0.1) is 0 Å². The number of halogens is 1. The predicted octanol–water partition coefficient (Wildman–Crippen LogP) is 7.55. The number of nitrogens with zero attached hydrogens (tertiary/aromatic N) is 1. The number of carbonyl (C=O) groups is 1. The van der Waals surface area contributed by atoms with E-state index in [-0.39, 0.29) is 11.7 Å². The predicted molar refractivity (Wildman–Crippen MR) is 137 cm³/mol. The fraction of sp³-hybridized carbons (Fsp3) is 0.433. The molecule has 0 aliphatic carbocycles. The van der Waals surface area contributed by atoms with Gasteiger partial charge in [-0.15, -0.1) is 6.58 Å². The number of amides is 1. The molecule has 3 rings (SSSR count). The monoisotopic (exact) mass is 447 g/mol. The van der Waals surface area contributed by atoms with Crippen LogP contribution in [-0.2, 0) is 12.8 Å². The molecule has 0 atom stereocenters. The third-order valence-corrected chi connectivity index (χ3v) is 6.79. The smallest absolute Gasteiger partial charge is 0.254 e. The highest BCUT2D eigenvalue weighted by Gasteiger charge is 2.26. The van der Waals surface area contributed by atoms with Gasteiger partial charge in [-0.3, -0.25) is 4.79 Å². The van der Waals surface area contributed by atoms with Gasteiger partial charge < -0.3 is 4.90 Å². The fourth-order valence-electron chi connectivity index (χ4n) is 4.85. The number of benzene rings is 2. The summed E-state index contributed by atoms with van der Waals surface area (Å²) in [5.74, 6) is 0.501. The minimum absolute atomic E-state index is 0.154. The molecule has 0 aromatic heterocycles. The van der Waals surface area contributed by atoms with Crippen LogP contribution in [0.25, 0.3) is 5.57 Å². The number of piperidine rings is 1. The van der Waals surface area contributed by atoms with E-state index in [1.165, 1.54) is 34.4 Å². The zero-order chi connectivity index (χ0) is 23.8. The van der Waals surface area contributed by atoms with Crippen LogP contribution < -0.4 is 0 Å². The molecular weight excluding hydrogens is 409 g/mol. The molecule has 33 heavy (non-hydrogen) atoms. The Hall–Kier alpha value is -2.68.